The predicted molar refractivity (Wildman–Crippen MR) is 67.7 cm³/mol. The average Bonchev–Trinajstić information content (AvgIpc) is 2.60. The highest BCUT2D eigenvalue weighted by molar-refractivity contribution is 5.78. The van der Waals surface area contributed by atoms with Crippen molar-refractivity contribution in [2.45, 2.75) is 31.4 Å². The van der Waals surface area contributed by atoms with Gasteiger partial charge in [0.2, 0.25) is 5.95 Å². The Morgan fingerprint density at radius 1 is 1.50 bits per heavy atom. The van der Waals surface area contributed by atoms with Crippen LogP contribution in [0.2, 0.25) is 0 Å². The molecule has 96 valence electrons. The standard InChI is InChI=1S/C13H16FN3O/c1-18-13(5-2-6-13)8-17-11-7-9(14)3-4-10(11)16-12(17)15/h3-4,7H,2,5-6,8H2,1H3,(H2,15,16). The van der Waals surface area contributed by atoms with Crippen LogP contribution in [0.25, 0.3) is 11.0 Å². The number of fused-ring (bicyclic) bond motifs is 1. The molecule has 2 aromatic rings. The van der Waals surface area contributed by atoms with Crippen LogP contribution in [-0.2, 0) is 11.3 Å². The summed E-state index contributed by atoms with van der Waals surface area (Å²) in [5.74, 6) is 0.141. The molecule has 0 bridgehead atoms. The zero-order valence-corrected chi connectivity index (χ0v) is 10.3. The van der Waals surface area contributed by atoms with Gasteiger partial charge in [0.1, 0.15) is 5.82 Å². The molecular formula is C13H16FN3O. The van der Waals surface area contributed by atoms with E-state index in [9.17, 15) is 4.39 Å². The Kier molecular flexibility index (Phi) is 2.52. The minimum atomic E-state index is -0.274. The van der Waals surface area contributed by atoms with Gasteiger partial charge in [-0.1, -0.05) is 0 Å². The molecule has 0 unspecified atom stereocenters. The van der Waals surface area contributed by atoms with Gasteiger partial charge in [-0.2, -0.15) is 0 Å². The molecule has 0 saturated heterocycles. The molecule has 0 spiro atoms. The van der Waals surface area contributed by atoms with E-state index in [1.54, 1.807) is 13.2 Å². The molecule has 1 saturated carbocycles. The van der Waals surface area contributed by atoms with Crippen molar-refractivity contribution < 1.29 is 9.13 Å². The van der Waals surface area contributed by atoms with Crippen LogP contribution in [0.15, 0.2) is 18.2 Å². The van der Waals surface area contributed by atoms with Crippen molar-refractivity contribution in [3.05, 3.63) is 24.0 Å². The molecule has 0 atom stereocenters. The van der Waals surface area contributed by atoms with Crippen LogP contribution in [0.4, 0.5) is 10.3 Å². The van der Waals surface area contributed by atoms with Gasteiger partial charge in [-0.3, -0.25) is 0 Å². The molecule has 1 fully saturated rings. The number of ether oxygens (including phenoxy) is 1. The Bertz CT molecular complexity index is 584. The summed E-state index contributed by atoms with van der Waals surface area (Å²) >= 11 is 0. The Morgan fingerprint density at radius 2 is 2.28 bits per heavy atom. The number of hydrogen-bond acceptors (Lipinski definition) is 3. The number of nitrogens with zero attached hydrogens (tertiary/aromatic N) is 2. The largest absolute Gasteiger partial charge is 0.376 e. The minimum absolute atomic E-state index is 0.159. The number of hydrogen-bond donors (Lipinski definition) is 1. The van der Waals surface area contributed by atoms with Crippen LogP contribution in [0.3, 0.4) is 0 Å². The van der Waals surface area contributed by atoms with Crippen molar-refractivity contribution in [1.82, 2.24) is 9.55 Å². The summed E-state index contributed by atoms with van der Waals surface area (Å²) in [6.07, 6.45) is 3.19. The van der Waals surface area contributed by atoms with E-state index in [1.165, 1.54) is 12.1 Å². The molecule has 1 aromatic heterocycles. The summed E-state index contributed by atoms with van der Waals surface area (Å²) in [6, 6.07) is 4.52. The summed E-state index contributed by atoms with van der Waals surface area (Å²) in [5, 5.41) is 0. The number of benzene rings is 1. The zero-order valence-electron chi connectivity index (χ0n) is 10.3. The second-order valence-electron chi connectivity index (χ2n) is 4.93. The van der Waals surface area contributed by atoms with Crippen molar-refractivity contribution in [1.29, 1.82) is 0 Å². The highest BCUT2D eigenvalue weighted by Crippen LogP contribution is 2.37. The van der Waals surface area contributed by atoms with E-state index in [0.29, 0.717) is 12.5 Å². The van der Waals surface area contributed by atoms with Gasteiger partial charge in [0, 0.05) is 7.11 Å². The van der Waals surface area contributed by atoms with Gasteiger partial charge in [0.15, 0.2) is 0 Å². The highest BCUT2D eigenvalue weighted by Gasteiger charge is 2.38. The van der Waals surface area contributed by atoms with E-state index in [2.05, 4.69) is 4.98 Å². The molecule has 0 amide bonds. The molecule has 3 rings (SSSR count). The van der Waals surface area contributed by atoms with Gasteiger partial charge < -0.3 is 15.0 Å². The van der Waals surface area contributed by atoms with E-state index >= 15 is 0 Å². The number of rotatable bonds is 3. The number of anilines is 1. The minimum Gasteiger partial charge on any atom is -0.376 e. The molecule has 18 heavy (non-hydrogen) atoms. The van der Waals surface area contributed by atoms with Gasteiger partial charge in [0.25, 0.3) is 0 Å². The van der Waals surface area contributed by atoms with Crippen molar-refractivity contribution in [3.63, 3.8) is 0 Å². The lowest BCUT2D eigenvalue weighted by Crippen LogP contribution is -2.43. The normalized spacial score (nSPS) is 17.9. The first-order chi connectivity index (χ1) is 8.63. The smallest absolute Gasteiger partial charge is 0.201 e. The lowest BCUT2D eigenvalue weighted by atomic mass is 9.80. The number of imidazole rings is 1. The second kappa shape index (κ2) is 3.95. The molecular weight excluding hydrogens is 233 g/mol. The summed E-state index contributed by atoms with van der Waals surface area (Å²) < 4.78 is 20.8. The summed E-state index contributed by atoms with van der Waals surface area (Å²) in [4.78, 5) is 4.25. The third-order valence-electron chi connectivity index (χ3n) is 3.88. The first-order valence-electron chi connectivity index (χ1n) is 6.10. The monoisotopic (exact) mass is 249 g/mol. The van der Waals surface area contributed by atoms with Crippen LogP contribution in [0, 0.1) is 5.82 Å². The SMILES string of the molecule is COC1(Cn2c(N)nc3ccc(F)cc32)CCC1. The van der Waals surface area contributed by atoms with Crippen LogP contribution in [0.5, 0.6) is 0 Å². The maximum absolute atomic E-state index is 13.3. The quantitative estimate of drug-likeness (QED) is 0.908. The van der Waals surface area contributed by atoms with E-state index < -0.39 is 0 Å². The molecule has 0 radical (unpaired) electrons. The molecule has 2 N–H and O–H groups in total. The van der Waals surface area contributed by atoms with Gasteiger partial charge in [0.05, 0.1) is 23.2 Å². The molecule has 0 aliphatic heterocycles. The van der Waals surface area contributed by atoms with E-state index in [1.807, 2.05) is 4.57 Å². The summed E-state index contributed by atoms with van der Waals surface area (Å²) in [6.45, 7) is 0.634. The number of halogens is 1. The van der Waals surface area contributed by atoms with E-state index in [0.717, 1.165) is 30.3 Å². The van der Waals surface area contributed by atoms with E-state index in [-0.39, 0.29) is 11.4 Å². The topological polar surface area (TPSA) is 53.1 Å². The van der Waals surface area contributed by atoms with Crippen molar-refractivity contribution in [2.75, 3.05) is 12.8 Å². The predicted octanol–water partition coefficient (Wildman–Crippen LogP) is 2.33. The fourth-order valence-electron chi connectivity index (χ4n) is 2.57. The van der Waals surface area contributed by atoms with Crippen LogP contribution >= 0.6 is 0 Å². The first kappa shape index (κ1) is 11.5. The van der Waals surface area contributed by atoms with Gasteiger partial charge in [-0.05, 0) is 37.5 Å². The Morgan fingerprint density at radius 3 is 2.89 bits per heavy atom. The number of nitrogens with two attached hydrogens (primary N) is 1. The second-order valence-corrected chi connectivity index (χ2v) is 4.93. The molecule has 4 nitrogen and oxygen atoms in total. The van der Waals surface area contributed by atoms with Crippen LogP contribution in [0.1, 0.15) is 19.3 Å². The van der Waals surface area contributed by atoms with Gasteiger partial charge in [-0.25, -0.2) is 9.37 Å². The number of methoxy groups -OCH3 is 1. The fourth-order valence-corrected chi connectivity index (χ4v) is 2.57. The van der Waals surface area contributed by atoms with Gasteiger partial charge >= 0.3 is 0 Å². The van der Waals surface area contributed by atoms with Crippen molar-refractivity contribution in [3.8, 4) is 0 Å². The molecule has 1 heterocycles. The maximum Gasteiger partial charge on any atom is 0.201 e. The fraction of sp³-hybridized carbons (Fsp3) is 0.462. The molecule has 1 aliphatic carbocycles. The highest BCUT2D eigenvalue weighted by atomic mass is 19.1. The number of nitrogen functional groups attached to an aromatic ring is 1. The lowest BCUT2D eigenvalue weighted by Gasteiger charge is -2.40. The molecule has 1 aliphatic rings. The van der Waals surface area contributed by atoms with Gasteiger partial charge in [-0.15, -0.1) is 0 Å². The van der Waals surface area contributed by atoms with E-state index in [4.69, 9.17) is 10.5 Å². The zero-order chi connectivity index (χ0) is 12.8. The summed E-state index contributed by atoms with van der Waals surface area (Å²) in [7, 11) is 1.72. The Balaban J connectivity index is 2.05. The lowest BCUT2D eigenvalue weighted by molar-refractivity contribution is -0.0824. The Labute approximate surface area is 105 Å². The summed E-state index contributed by atoms with van der Waals surface area (Å²) in [5.41, 5.74) is 7.21. The van der Waals surface area contributed by atoms with Crippen molar-refractivity contribution in [2.24, 2.45) is 0 Å². The third-order valence-corrected chi connectivity index (χ3v) is 3.88. The first-order valence-corrected chi connectivity index (χ1v) is 6.10. The molecule has 5 heteroatoms. The van der Waals surface area contributed by atoms with Crippen LogP contribution < -0.4 is 5.73 Å². The number of aromatic nitrogens is 2. The molecule has 1 aromatic carbocycles. The Hall–Kier alpha value is -1.62. The average molecular weight is 249 g/mol. The van der Waals surface area contributed by atoms with Crippen LogP contribution in [-0.4, -0.2) is 22.3 Å². The third kappa shape index (κ3) is 1.66. The van der Waals surface area contributed by atoms with Crippen molar-refractivity contribution >= 4 is 17.0 Å². The maximum atomic E-state index is 13.3.